The van der Waals surface area contributed by atoms with E-state index < -0.39 is 18.4 Å². The van der Waals surface area contributed by atoms with Crippen molar-refractivity contribution in [1.82, 2.24) is 4.98 Å². The Hall–Kier alpha value is -2.81. The van der Waals surface area contributed by atoms with Gasteiger partial charge in [0.1, 0.15) is 11.5 Å². The maximum atomic E-state index is 12.3. The normalized spacial score (nSPS) is 12.6. The van der Waals surface area contributed by atoms with E-state index in [9.17, 15) is 18.0 Å². The average molecular weight is 382 g/mol. The van der Waals surface area contributed by atoms with Gasteiger partial charge in [-0.15, -0.1) is 13.2 Å². The van der Waals surface area contributed by atoms with Crippen LogP contribution in [0.2, 0.25) is 0 Å². The number of hydrogen-bond donors (Lipinski definition) is 1. The molecular formula is C17H13F3N2O3S. The Kier molecular flexibility index (Phi) is 4.99. The third-order valence-electron chi connectivity index (χ3n) is 3.25. The Morgan fingerprint density at radius 2 is 1.88 bits per heavy atom. The van der Waals surface area contributed by atoms with E-state index in [-0.39, 0.29) is 10.9 Å². The highest BCUT2D eigenvalue weighted by atomic mass is 32.1. The molecule has 0 bridgehead atoms. The van der Waals surface area contributed by atoms with Crippen molar-refractivity contribution in [2.24, 2.45) is 0 Å². The zero-order valence-corrected chi connectivity index (χ0v) is 14.2. The van der Waals surface area contributed by atoms with Gasteiger partial charge < -0.3 is 9.47 Å². The molecule has 3 aromatic rings. The van der Waals surface area contributed by atoms with Gasteiger partial charge in [-0.05, 0) is 31.2 Å². The fourth-order valence-electron chi connectivity index (χ4n) is 2.12. The molecular weight excluding hydrogens is 369 g/mol. The number of anilines is 1. The van der Waals surface area contributed by atoms with Crippen molar-refractivity contribution in [2.45, 2.75) is 19.4 Å². The molecule has 1 N–H and O–H groups in total. The largest absolute Gasteiger partial charge is 0.573 e. The number of benzene rings is 2. The van der Waals surface area contributed by atoms with E-state index in [2.05, 4.69) is 15.0 Å². The van der Waals surface area contributed by atoms with E-state index >= 15 is 0 Å². The first-order valence-corrected chi connectivity index (χ1v) is 8.31. The first kappa shape index (κ1) is 18.0. The van der Waals surface area contributed by atoms with Crippen LogP contribution in [-0.4, -0.2) is 23.4 Å². The van der Waals surface area contributed by atoms with E-state index in [1.165, 1.54) is 18.2 Å². The summed E-state index contributed by atoms with van der Waals surface area (Å²) in [4.78, 5) is 16.4. The SMILES string of the molecule is CC(Oc1ccccc1)C(=O)Nc1nc2ccc(OC(F)(F)F)cc2s1. The third-order valence-corrected chi connectivity index (χ3v) is 4.18. The van der Waals surface area contributed by atoms with Crippen LogP contribution in [0.4, 0.5) is 18.3 Å². The zero-order valence-electron chi connectivity index (χ0n) is 13.4. The van der Waals surface area contributed by atoms with Crippen molar-refractivity contribution in [2.75, 3.05) is 5.32 Å². The lowest BCUT2D eigenvalue weighted by atomic mass is 10.3. The number of aromatic nitrogens is 1. The van der Waals surface area contributed by atoms with Crippen molar-refractivity contribution >= 4 is 32.6 Å². The van der Waals surface area contributed by atoms with Gasteiger partial charge in [0, 0.05) is 6.07 Å². The van der Waals surface area contributed by atoms with Gasteiger partial charge in [0.15, 0.2) is 11.2 Å². The van der Waals surface area contributed by atoms with E-state index in [0.717, 1.165) is 11.3 Å². The molecule has 3 rings (SSSR count). The van der Waals surface area contributed by atoms with E-state index in [1.807, 2.05) is 6.07 Å². The van der Waals surface area contributed by atoms with Gasteiger partial charge >= 0.3 is 6.36 Å². The minimum absolute atomic E-state index is 0.262. The van der Waals surface area contributed by atoms with Crippen molar-refractivity contribution in [1.29, 1.82) is 0 Å². The summed E-state index contributed by atoms with van der Waals surface area (Å²) < 4.78 is 46.7. The summed E-state index contributed by atoms with van der Waals surface area (Å²) in [7, 11) is 0. The van der Waals surface area contributed by atoms with Crippen LogP contribution in [0.15, 0.2) is 48.5 Å². The highest BCUT2D eigenvalue weighted by Gasteiger charge is 2.31. The minimum atomic E-state index is -4.76. The summed E-state index contributed by atoms with van der Waals surface area (Å²) in [5.74, 6) is -0.208. The number of nitrogens with one attached hydrogen (secondary N) is 1. The van der Waals surface area contributed by atoms with E-state index in [0.29, 0.717) is 16.0 Å². The van der Waals surface area contributed by atoms with Crippen LogP contribution in [-0.2, 0) is 4.79 Å². The summed E-state index contributed by atoms with van der Waals surface area (Å²) in [6.45, 7) is 1.59. The number of hydrogen-bond acceptors (Lipinski definition) is 5. The van der Waals surface area contributed by atoms with Gasteiger partial charge in [-0.25, -0.2) is 4.98 Å². The summed E-state index contributed by atoms with van der Waals surface area (Å²) in [6.07, 6.45) is -5.53. The van der Waals surface area contributed by atoms with E-state index in [1.54, 1.807) is 31.2 Å². The number of nitrogens with zero attached hydrogens (tertiary/aromatic N) is 1. The molecule has 0 radical (unpaired) electrons. The molecule has 1 aromatic heterocycles. The lowest BCUT2D eigenvalue weighted by molar-refractivity contribution is -0.274. The van der Waals surface area contributed by atoms with Crippen LogP contribution in [0.3, 0.4) is 0 Å². The van der Waals surface area contributed by atoms with Gasteiger partial charge in [-0.2, -0.15) is 0 Å². The van der Waals surface area contributed by atoms with Crippen molar-refractivity contribution < 1.29 is 27.4 Å². The summed E-state index contributed by atoms with van der Waals surface area (Å²) in [6, 6.07) is 12.6. The van der Waals surface area contributed by atoms with Crippen LogP contribution in [0.1, 0.15) is 6.92 Å². The Labute approximate surface area is 150 Å². The molecule has 0 aliphatic rings. The second-order valence-corrected chi connectivity index (χ2v) is 6.29. The van der Waals surface area contributed by atoms with E-state index in [4.69, 9.17) is 4.74 Å². The molecule has 1 heterocycles. The highest BCUT2D eigenvalue weighted by molar-refractivity contribution is 7.22. The van der Waals surface area contributed by atoms with Crippen molar-refractivity contribution in [3.05, 3.63) is 48.5 Å². The minimum Gasteiger partial charge on any atom is -0.481 e. The topological polar surface area (TPSA) is 60.5 Å². The van der Waals surface area contributed by atoms with Crippen LogP contribution < -0.4 is 14.8 Å². The summed E-state index contributed by atoms with van der Waals surface area (Å²) >= 11 is 1.04. The summed E-state index contributed by atoms with van der Waals surface area (Å²) in [5.41, 5.74) is 0.455. The van der Waals surface area contributed by atoms with Gasteiger partial charge in [0.25, 0.3) is 5.91 Å². The second kappa shape index (κ2) is 7.20. The quantitative estimate of drug-likeness (QED) is 0.701. The van der Waals surface area contributed by atoms with Gasteiger partial charge in [-0.3, -0.25) is 10.1 Å². The molecule has 0 saturated carbocycles. The average Bonchev–Trinajstić information content (AvgIpc) is 2.95. The van der Waals surface area contributed by atoms with Crippen molar-refractivity contribution in [3.63, 3.8) is 0 Å². The number of para-hydroxylation sites is 1. The molecule has 0 fully saturated rings. The maximum Gasteiger partial charge on any atom is 0.573 e. The molecule has 1 atom stereocenters. The number of fused-ring (bicyclic) bond motifs is 1. The first-order chi connectivity index (χ1) is 12.3. The number of carbonyl (C=O) groups is 1. The fourth-order valence-corrected chi connectivity index (χ4v) is 3.02. The monoisotopic (exact) mass is 382 g/mol. The third kappa shape index (κ3) is 4.63. The lowest BCUT2D eigenvalue weighted by Crippen LogP contribution is -2.30. The molecule has 0 spiro atoms. The molecule has 0 aliphatic heterocycles. The Morgan fingerprint density at radius 3 is 2.58 bits per heavy atom. The number of amides is 1. The molecule has 26 heavy (non-hydrogen) atoms. The Balaban J connectivity index is 1.69. The van der Waals surface area contributed by atoms with Crippen molar-refractivity contribution in [3.8, 4) is 11.5 Å². The first-order valence-electron chi connectivity index (χ1n) is 7.49. The molecule has 5 nitrogen and oxygen atoms in total. The van der Waals surface area contributed by atoms with Gasteiger partial charge in [0.05, 0.1) is 10.2 Å². The zero-order chi connectivity index (χ0) is 18.7. The predicted octanol–water partition coefficient (Wildman–Crippen LogP) is 4.60. The standard InChI is InChI=1S/C17H13F3N2O3S/c1-10(24-11-5-3-2-4-6-11)15(23)22-16-21-13-8-7-12(9-14(13)26-16)25-17(18,19)20/h2-10H,1H3,(H,21,22,23). The molecule has 136 valence electrons. The molecule has 2 aromatic carbocycles. The smallest absolute Gasteiger partial charge is 0.481 e. The fraction of sp³-hybridized carbons (Fsp3) is 0.176. The van der Waals surface area contributed by atoms with Gasteiger partial charge in [-0.1, -0.05) is 29.5 Å². The molecule has 0 saturated heterocycles. The van der Waals surface area contributed by atoms with Crippen LogP contribution >= 0.6 is 11.3 Å². The Morgan fingerprint density at radius 1 is 1.15 bits per heavy atom. The number of carbonyl (C=O) groups excluding carboxylic acids is 1. The van der Waals surface area contributed by atoms with Crippen LogP contribution in [0.5, 0.6) is 11.5 Å². The van der Waals surface area contributed by atoms with Crippen LogP contribution in [0.25, 0.3) is 10.2 Å². The second-order valence-electron chi connectivity index (χ2n) is 5.26. The lowest BCUT2D eigenvalue weighted by Gasteiger charge is -2.13. The Bertz CT molecular complexity index is 913. The number of thiazole rings is 1. The number of ether oxygens (including phenoxy) is 2. The summed E-state index contributed by atoms with van der Waals surface area (Å²) in [5, 5.41) is 2.86. The van der Waals surface area contributed by atoms with Crippen LogP contribution in [0, 0.1) is 0 Å². The molecule has 1 amide bonds. The molecule has 1 unspecified atom stereocenters. The van der Waals surface area contributed by atoms with Gasteiger partial charge in [0.2, 0.25) is 0 Å². The number of alkyl halides is 3. The number of rotatable bonds is 5. The highest BCUT2D eigenvalue weighted by Crippen LogP contribution is 2.31. The maximum absolute atomic E-state index is 12.3. The predicted molar refractivity (Wildman–Crippen MR) is 91.5 cm³/mol. The number of halogens is 3. The molecule has 9 heteroatoms. The molecule has 0 aliphatic carbocycles.